The molecule has 0 saturated carbocycles. The Labute approximate surface area is 172 Å². The van der Waals surface area contributed by atoms with E-state index in [9.17, 15) is 14.9 Å². The fraction of sp³-hybridized carbons (Fsp3) is 0.409. The van der Waals surface area contributed by atoms with Crippen LogP contribution in [0.25, 0.3) is 0 Å². The van der Waals surface area contributed by atoms with Crippen molar-refractivity contribution in [2.75, 3.05) is 39.3 Å². The third kappa shape index (κ3) is 7.29. The molecule has 2 aromatic carbocycles. The summed E-state index contributed by atoms with van der Waals surface area (Å²) in [6.45, 7) is 9.84. The van der Waals surface area contributed by atoms with E-state index < -0.39 is 4.92 Å². The van der Waals surface area contributed by atoms with Gasteiger partial charge in [-0.2, -0.15) is 0 Å². The summed E-state index contributed by atoms with van der Waals surface area (Å²) in [5, 5.41) is 17.3. The van der Waals surface area contributed by atoms with Gasteiger partial charge in [-0.3, -0.25) is 14.9 Å². The number of amides is 1. The number of non-ortho nitro benzene ring substituents is 1. The van der Waals surface area contributed by atoms with E-state index in [2.05, 4.69) is 10.6 Å². The van der Waals surface area contributed by atoms with Gasteiger partial charge in [0.25, 0.3) is 11.6 Å². The summed E-state index contributed by atoms with van der Waals surface area (Å²) in [7, 11) is 0. The van der Waals surface area contributed by atoms with Crippen LogP contribution >= 0.6 is 0 Å². The average Bonchev–Trinajstić information content (AvgIpc) is 2.77. The number of nitrogens with zero attached hydrogens (tertiary/aromatic N) is 2. The monoisotopic (exact) mass is 398 g/mol. The summed E-state index contributed by atoms with van der Waals surface area (Å²) in [4.78, 5) is 24.4. The fourth-order valence-electron chi connectivity index (χ4n) is 3.08. The number of rotatable bonds is 6. The molecule has 3 rings (SSSR count). The standard InChI is InChI=1S/C18H20N2O3.C4H10N2/c1-3-19(4-2)18(21)16-10-8-14(9-11-16)12-15-6-5-7-17(13-15)20(22)23;1-2-6-4-3-5-1/h5-11,13H,3-4,12H2,1-2H3;5-6H,1-4H2. The lowest BCUT2D eigenvalue weighted by Gasteiger charge is -2.18. The average molecular weight is 399 g/mol. The smallest absolute Gasteiger partial charge is 0.269 e. The molecule has 1 saturated heterocycles. The van der Waals surface area contributed by atoms with E-state index in [1.54, 1.807) is 17.0 Å². The molecule has 1 amide bonds. The van der Waals surface area contributed by atoms with E-state index >= 15 is 0 Å². The Morgan fingerprint density at radius 3 is 2.03 bits per heavy atom. The molecule has 1 heterocycles. The lowest BCUT2D eigenvalue weighted by molar-refractivity contribution is -0.384. The van der Waals surface area contributed by atoms with Crippen LogP contribution in [0, 0.1) is 10.1 Å². The van der Waals surface area contributed by atoms with Gasteiger partial charge in [-0.1, -0.05) is 24.3 Å². The highest BCUT2D eigenvalue weighted by molar-refractivity contribution is 5.94. The second-order valence-electron chi connectivity index (χ2n) is 6.78. The summed E-state index contributed by atoms with van der Waals surface area (Å²) < 4.78 is 0. The molecule has 0 spiro atoms. The Hall–Kier alpha value is -2.77. The van der Waals surface area contributed by atoms with Gasteiger partial charge in [-0.25, -0.2) is 0 Å². The number of benzene rings is 2. The second kappa shape index (κ2) is 11.9. The zero-order valence-electron chi connectivity index (χ0n) is 17.2. The zero-order chi connectivity index (χ0) is 21.1. The maximum atomic E-state index is 12.2. The molecule has 156 valence electrons. The summed E-state index contributed by atoms with van der Waals surface area (Å²) >= 11 is 0. The Bertz CT molecular complexity index is 773. The van der Waals surface area contributed by atoms with E-state index in [1.165, 1.54) is 6.07 Å². The van der Waals surface area contributed by atoms with E-state index in [0.717, 1.165) is 37.3 Å². The van der Waals surface area contributed by atoms with Gasteiger partial charge < -0.3 is 15.5 Å². The van der Waals surface area contributed by atoms with Crippen molar-refractivity contribution in [2.45, 2.75) is 20.3 Å². The molecule has 7 nitrogen and oxygen atoms in total. The number of piperazine rings is 1. The molecule has 2 aromatic rings. The molecule has 1 aliphatic heterocycles. The minimum atomic E-state index is -0.394. The summed E-state index contributed by atoms with van der Waals surface area (Å²) in [5.41, 5.74) is 2.65. The van der Waals surface area contributed by atoms with Gasteiger partial charge in [0.15, 0.2) is 0 Å². The lowest BCUT2D eigenvalue weighted by Crippen LogP contribution is -2.39. The van der Waals surface area contributed by atoms with Crippen LogP contribution in [-0.2, 0) is 6.42 Å². The van der Waals surface area contributed by atoms with E-state index in [0.29, 0.717) is 25.1 Å². The number of nitro benzene ring substituents is 1. The second-order valence-corrected chi connectivity index (χ2v) is 6.78. The quantitative estimate of drug-likeness (QED) is 0.577. The summed E-state index contributed by atoms with van der Waals surface area (Å²) in [6, 6.07) is 14.0. The highest BCUT2D eigenvalue weighted by Gasteiger charge is 2.12. The van der Waals surface area contributed by atoms with Gasteiger partial charge in [0.1, 0.15) is 0 Å². The van der Waals surface area contributed by atoms with Crippen molar-refractivity contribution in [3.63, 3.8) is 0 Å². The molecule has 1 aliphatic rings. The largest absolute Gasteiger partial charge is 0.339 e. The first-order valence-electron chi connectivity index (χ1n) is 10.1. The lowest BCUT2D eigenvalue weighted by atomic mass is 10.0. The van der Waals surface area contributed by atoms with Crippen LogP contribution in [0.15, 0.2) is 48.5 Å². The molecule has 7 heteroatoms. The van der Waals surface area contributed by atoms with Crippen LogP contribution < -0.4 is 10.6 Å². The van der Waals surface area contributed by atoms with Gasteiger partial charge in [0.2, 0.25) is 0 Å². The molecule has 29 heavy (non-hydrogen) atoms. The van der Waals surface area contributed by atoms with Gasteiger partial charge in [0, 0.05) is 57.0 Å². The molecule has 1 fully saturated rings. The number of hydrogen-bond donors (Lipinski definition) is 2. The minimum Gasteiger partial charge on any atom is -0.339 e. The molecule has 0 aromatic heterocycles. The summed E-state index contributed by atoms with van der Waals surface area (Å²) in [6.07, 6.45) is 0.599. The molecule has 0 aliphatic carbocycles. The van der Waals surface area contributed by atoms with Crippen LogP contribution in [0.1, 0.15) is 35.3 Å². The highest BCUT2D eigenvalue weighted by Crippen LogP contribution is 2.17. The van der Waals surface area contributed by atoms with Gasteiger partial charge >= 0.3 is 0 Å². The maximum absolute atomic E-state index is 12.2. The Morgan fingerprint density at radius 1 is 0.966 bits per heavy atom. The van der Waals surface area contributed by atoms with Crippen LogP contribution in [0.5, 0.6) is 0 Å². The highest BCUT2D eigenvalue weighted by atomic mass is 16.6. The third-order valence-electron chi connectivity index (χ3n) is 4.74. The van der Waals surface area contributed by atoms with E-state index in [1.807, 2.05) is 44.2 Å². The summed E-state index contributed by atoms with van der Waals surface area (Å²) in [5.74, 6) is 0.0249. The van der Waals surface area contributed by atoms with Gasteiger partial charge in [-0.05, 0) is 43.5 Å². The Balaban J connectivity index is 0.000000426. The zero-order valence-corrected chi connectivity index (χ0v) is 17.2. The van der Waals surface area contributed by atoms with Crippen LogP contribution in [-0.4, -0.2) is 55.0 Å². The minimum absolute atomic E-state index is 0.0249. The van der Waals surface area contributed by atoms with Crippen molar-refractivity contribution in [1.82, 2.24) is 15.5 Å². The molecular weight excluding hydrogens is 368 g/mol. The van der Waals surface area contributed by atoms with Gasteiger partial charge in [-0.15, -0.1) is 0 Å². The number of nitro groups is 1. The van der Waals surface area contributed by atoms with Crippen LogP contribution in [0.4, 0.5) is 5.69 Å². The molecule has 2 N–H and O–H groups in total. The van der Waals surface area contributed by atoms with Crippen LogP contribution in [0.3, 0.4) is 0 Å². The molecule has 0 atom stereocenters. The number of hydrogen-bond acceptors (Lipinski definition) is 5. The normalized spacial score (nSPS) is 13.2. The molecule has 0 unspecified atom stereocenters. The van der Waals surface area contributed by atoms with E-state index in [-0.39, 0.29) is 11.6 Å². The predicted molar refractivity (Wildman–Crippen MR) is 115 cm³/mol. The Kier molecular flexibility index (Phi) is 9.27. The molecular formula is C22H30N4O3. The maximum Gasteiger partial charge on any atom is 0.269 e. The molecule has 0 bridgehead atoms. The first-order chi connectivity index (χ1) is 14.0. The van der Waals surface area contributed by atoms with Crippen molar-refractivity contribution in [3.8, 4) is 0 Å². The number of carbonyl (C=O) groups is 1. The van der Waals surface area contributed by atoms with Gasteiger partial charge in [0.05, 0.1) is 4.92 Å². The Morgan fingerprint density at radius 2 is 1.55 bits per heavy atom. The van der Waals surface area contributed by atoms with Crippen molar-refractivity contribution < 1.29 is 9.72 Å². The predicted octanol–water partition coefficient (Wildman–Crippen LogP) is 2.85. The topological polar surface area (TPSA) is 87.5 Å². The van der Waals surface area contributed by atoms with Crippen molar-refractivity contribution >= 4 is 11.6 Å². The van der Waals surface area contributed by atoms with E-state index in [4.69, 9.17) is 0 Å². The first-order valence-corrected chi connectivity index (χ1v) is 10.1. The molecule has 0 radical (unpaired) electrons. The SMILES string of the molecule is C1CNCCN1.CCN(CC)C(=O)c1ccc(Cc2cccc([N+](=O)[O-])c2)cc1. The third-order valence-corrected chi connectivity index (χ3v) is 4.74. The first kappa shape index (κ1) is 22.5. The fourth-order valence-corrected chi connectivity index (χ4v) is 3.08. The number of carbonyl (C=O) groups excluding carboxylic acids is 1. The van der Waals surface area contributed by atoms with Crippen molar-refractivity contribution in [3.05, 3.63) is 75.3 Å². The van der Waals surface area contributed by atoms with Crippen molar-refractivity contribution in [2.24, 2.45) is 0 Å². The van der Waals surface area contributed by atoms with Crippen molar-refractivity contribution in [1.29, 1.82) is 0 Å². The van der Waals surface area contributed by atoms with Crippen LogP contribution in [0.2, 0.25) is 0 Å². The number of nitrogens with one attached hydrogen (secondary N) is 2.